The minimum Gasteiger partial charge on any atom is -0.370 e. The molecule has 0 saturated carbocycles. The van der Waals surface area contributed by atoms with Crippen molar-refractivity contribution in [3.63, 3.8) is 0 Å². The summed E-state index contributed by atoms with van der Waals surface area (Å²) in [5, 5.41) is 2.71. The number of amides is 3. The molecule has 2 aromatic rings. The molecule has 0 spiro atoms. The van der Waals surface area contributed by atoms with Gasteiger partial charge in [-0.3, -0.25) is 14.4 Å². The first-order valence-electron chi connectivity index (χ1n) is 9.55. The molecule has 7 nitrogen and oxygen atoms in total. The molecule has 1 aromatic carbocycles. The quantitative estimate of drug-likeness (QED) is 0.666. The normalized spacial score (nSPS) is 14.5. The lowest BCUT2D eigenvalue weighted by molar-refractivity contribution is -0.125. The van der Waals surface area contributed by atoms with E-state index in [1.165, 1.54) is 40.3 Å². The molecule has 0 aliphatic carbocycles. The molecule has 0 bridgehead atoms. The van der Waals surface area contributed by atoms with Crippen LogP contribution in [-0.2, 0) is 14.3 Å². The Morgan fingerprint density at radius 1 is 1.32 bits per heavy atom. The summed E-state index contributed by atoms with van der Waals surface area (Å²) in [6.07, 6.45) is 0. The van der Waals surface area contributed by atoms with Gasteiger partial charge in [0.05, 0.1) is 21.0 Å². The van der Waals surface area contributed by atoms with Crippen LogP contribution in [0.2, 0.25) is 0 Å². The van der Waals surface area contributed by atoms with Crippen molar-refractivity contribution >= 4 is 56.4 Å². The lowest BCUT2D eigenvalue weighted by Crippen LogP contribution is -2.55. The smallest absolute Gasteiger partial charge is 0.262 e. The number of morpholine rings is 1. The molecule has 3 rings (SSSR count). The molecule has 0 atom stereocenters. The molecule has 2 heterocycles. The summed E-state index contributed by atoms with van der Waals surface area (Å²) in [6.45, 7) is 5.55. The van der Waals surface area contributed by atoms with E-state index >= 15 is 0 Å². The third-order valence-corrected chi connectivity index (χ3v) is 6.59. The number of hydrogen-bond acceptors (Lipinski definition) is 5. The van der Waals surface area contributed by atoms with Crippen molar-refractivity contribution in [1.82, 2.24) is 5.32 Å². The van der Waals surface area contributed by atoms with Gasteiger partial charge in [0, 0.05) is 25.3 Å². The van der Waals surface area contributed by atoms with Gasteiger partial charge in [0.15, 0.2) is 0 Å². The number of nitrogens with one attached hydrogen (secondary N) is 1. The first-order chi connectivity index (χ1) is 14.5. The standard InChI is InChI=1S/C21H23BrFN3O4S/c1-12-9-15(13(23)10-14(12)26-7-8-30-11-18(26)27)25(4)20(29)21(2,3)24-19(28)16-5-6-17(22)31-16/h5-6,9-10H,7-8,11H2,1-4H3,(H,24,28). The van der Waals surface area contributed by atoms with Crippen molar-refractivity contribution in [3.05, 3.63) is 44.3 Å². The Hall–Kier alpha value is -2.30. The van der Waals surface area contributed by atoms with Crippen LogP contribution in [0, 0.1) is 12.7 Å². The predicted molar refractivity (Wildman–Crippen MR) is 121 cm³/mol. The summed E-state index contributed by atoms with van der Waals surface area (Å²) in [5.41, 5.74) is -0.113. The van der Waals surface area contributed by atoms with Gasteiger partial charge >= 0.3 is 0 Å². The van der Waals surface area contributed by atoms with Gasteiger partial charge in [-0.2, -0.15) is 0 Å². The SMILES string of the molecule is Cc1cc(N(C)C(=O)C(C)(C)NC(=O)c2ccc(Br)s2)c(F)cc1N1CCOCC1=O. The zero-order valence-corrected chi connectivity index (χ0v) is 20.0. The van der Waals surface area contributed by atoms with Crippen molar-refractivity contribution in [3.8, 4) is 0 Å². The van der Waals surface area contributed by atoms with E-state index in [-0.39, 0.29) is 24.1 Å². The topological polar surface area (TPSA) is 79.0 Å². The van der Waals surface area contributed by atoms with Gasteiger partial charge < -0.3 is 19.9 Å². The largest absolute Gasteiger partial charge is 0.370 e. The van der Waals surface area contributed by atoms with Crippen molar-refractivity contribution in [2.75, 3.05) is 36.6 Å². The van der Waals surface area contributed by atoms with Crippen LogP contribution in [0.1, 0.15) is 29.1 Å². The van der Waals surface area contributed by atoms with Gasteiger partial charge in [-0.1, -0.05) is 0 Å². The van der Waals surface area contributed by atoms with Crippen LogP contribution in [0.25, 0.3) is 0 Å². The Morgan fingerprint density at radius 3 is 2.65 bits per heavy atom. The van der Waals surface area contributed by atoms with Gasteiger partial charge in [0.25, 0.3) is 17.7 Å². The monoisotopic (exact) mass is 511 g/mol. The minimum absolute atomic E-state index is 0.0457. The molecular formula is C21H23BrFN3O4S. The molecule has 1 aliphatic heterocycles. The van der Waals surface area contributed by atoms with Crippen LogP contribution in [0.4, 0.5) is 15.8 Å². The number of carbonyl (C=O) groups is 3. The Bertz CT molecular complexity index is 1040. The third-order valence-electron chi connectivity index (χ3n) is 4.97. The Kier molecular flexibility index (Phi) is 6.82. The van der Waals surface area contributed by atoms with Gasteiger partial charge in [-0.25, -0.2) is 4.39 Å². The average molecular weight is 512 g/mol. The van der Waals surface area contributed by atoms with Crippen LogP contribution in [-0.4, -0.2) is 50.1 Å². The molecule has 1 fully saturated rings. The second-order valence-corrected chi connectivity index (χ2v) is 10.2. The van der Waals surface area contributed by atoms with Gasteiger partial charge in [-0.05, 0) is 60.5 Å². The highest BCUT2D eigenvalue weighted by atomic mass is 79.9. The molecule has 1 saturated heterocycles. The summed E-state index contributed by atoms with van der Waals surface area (Å²) >= 11 is 4.56. The number of hydrogen-bond donors (Lipinski definition) is 1. The summed E-state index contributed by atoms with van der Waals surface area (Å²) in [6, 6.07) is 6.19. The van der Waals surface area contributed by atoms with Crippen molar-refractivity contribution in [2.24, 2.45) is 0 Å². The van der Waals surface area contributed by atoms with E-state index in [9.17, 15) is 18.8 Å². The van der Waals surface area contributed by atoms with E-state index in [0.29, 0.717) is 29.3 Å². The molecule has 0 radical (unpaired) electrons. The van der Waals surface area contributed by atoms with Crippen LogP contribution in [0.15, 0.2) is 28.1 Å². The lowest BCUT2D eigenvalue weighted by Gasteiger charge is -2.32. The first-order valence-corrected chi connectivity index (χ1v) is 11.2. The molecule has 0 unspecified atom stereocenters. The maximum absolute atomic E-state index is 15.0. The maximum atomic E-state index is 15.0. The van der Waals surface area contributed by atoms with Gasteiger partial charge in [0.1, 0.15) is 18.0 Å². The lowest BCUT2D eigenvalue weighted by atomic mass is 10.0. The number of anilines is 2. The van der Waals surface area contributed by atoms with Crippen LogP contribution in [0.5, 0.6) is 0 Å². The summed E-state index contributed by atoms with van der Waals surface area (Å²) in [4.78, 5) is 40.8. The molecule has 166 valence electrons. The average Bonchev–Trinajstić information content (AvgIpc) is 3.15. The molecule has 1 aliphatic rings. The van der Waals surface area contributed by atoms with Crippen molar-refractivity contribution < 1.29 is 23.5 Å². The molecule has 1 aromatic heterocycles. The van der Waals surface area contributed by atoms with Crippen LogP contribution >= 0.6 is 27.3 Å². The number of rotatable bonds is 5. The zero-order chi connectivity index (χ0) is 22.9. The van der Waals surface area contributed by atoms with E-state index in [2.05, 4.69) is 21.2 Å². The van der Waals surface area contributed by atoms with Crippen LogP contribution < -0.4 is 15.1 Å². The second-order valence-electron chi connectivity index (χ2n) is 7.74. The zero-order valence-electron chi connectivity index (χ0n) is 17.6. The number of thiophene rings is 1. The van der Waals surface area contributed by atoms with E-state index in [4.69, 9.17) is 4.74 Å². The van der Waals surface area contributed by atoms with E-state index < -0.39 is 17.3 Å². The summed E-state index contributed by atoms with van der Waals surface area (Å²) in [7, 11) is 1.45. The van der Waals surface area contributed by atoms with Crippen molar-refractivity contribution in [2.45, 2.75) is 26.3 Å². The van der Waals surface area contributed by atoms with E-state index in [1.54, 1.807) is 32.9 Å². The highest BCUT2D eigenvalue weighted by Gasteiger charge is 2.34. The molecule has 1 N–H and O–H groups in total. The fourth-order valence-electron chi connectivity index (χ4n) is 3.34. The van der Waals surface area contributed by atoms with E-state index in [0.717, 1.165) is 3.79 Å². The highest BCUT2D eigenvalue weighted by Crippen LogP contribution is 2.31. The Labute approximate surface area is 192 Å². The van der Waals surface area contributed by atoms with Gasteiger partial charge in [0.2, 0.25) is 0 Å². The number of likely N-dealkylation sites (N-methyl/N-ethyl adjacent to an activating group) is 1. The maximum Gasteiger partial charge on any atom is 0.262 e. The van der Waals surface area contributed by atoms with Crippen LogP contribution in [0.3, 0.4) is 0 Å². The highest BCUT2D eigenvalue weighted by molar-refractivity contribution is 9.11. The Morgan fingerprint density at radius 2 is 2.03 bits per heavy atom. The second kappa shape index (κ2) is 9.05. The summed E-state index contributed by atoms with van der Waals surface area (Å²) in [5.74, 6) is -1.75. The van der Waals surface area contributed by atoms with Gasteiger partial charge in [-0.15, -0.1) is 11.3 Å². The fourth-order valence-corrected chi connectivity index (χ4v) is 4.62. The Balaban J connectivity index is 1.81. The number of benzene rings is 1. The fraction of sp³-hybridized carbons (Fsp3) is 0.381. The third kappa shape index (κ3) is 4.97. The number of carbonyl (C=O) groups excluding carboxylic acids is 3. The predicted octanol–water partition coefficient (Wildman–Crippen LogP) is 3.49. The molecular weight excluding hydrogens is 489 g/mol. The summed E-state index contributed by atoms with van der Waals surface area (Å²) < 4.78 is 20.9. The number of ether oxygens (including phenoxy) is 1. The number of halogens is 2. The first kappa shape index (κ1) is 23.4. The van der Waals surface area contributed by atoms with E-state index in [1.807, 2.05) is 0 Å². The number of nitrogens with zero attached hydrogens (tertiary/aromatic N) is 2. The number of aryl methyl sites for hydroxylation is 1. The minimum atomic E-state index is -1.28. The molecule has 3 amide bonds. The molecule has 10 heteroatoms. The van der Waals surface area contributed by atoms with Crippen molar-refractivity contribution in [1.29, 1.82) is 0 Å². The molecule has 31 heavy (non-hydrogen) atoms.